The number of carbonyl (C=O) groups excluding carboxylic acids is 1. The molecule has 0 fully saturated rings. The lowest BCUT2D eigenvalue weighted by atomic mass is 9.90. The van der Waals surface area contributed by atoms with Gasteiger partial charge in [0.05, 0.1) is 5.69 Å². The van der Waals surface area contributed by atoms with Crippen LogP contribution >= 0.6 is 22.9 Å². The first-order chi connectivity index (χ1) is 9.48. The molecule has 3 aromatic rings. The number of fused-ring (bicyclic) bond motifs is 1. The number of thiophene rings is 1. The highest BCUT2D eigenvalue weighted by atomic mass is 32.1. The lowest BCUT2D eigenvalue weighted by Gasteiger charge is -2.16. The topological polar surface area (TPSA) is 42.9 Å². The predicted octanol–water partition coefficient (Wildman–Crippen LogP) is 4.28. The van der Waals surface area contributed by atoms with Gasteiger partial charge in [-0.15, -0.1) is 16.4 Å². The lowest BCUT2D eigenvalue weighted by Crippen LogP contribution is -2.16. The molecule has 0 amide bonds. The highest BCUT2D eigenvalue weighted by Gasteiger charge is 2.27. The molecule has 2 heterocycles. The van der Waals surface area contributed by atoms with Gasteiger partial charge in [0, 0.05) is 15.7 Å². The number of nitrogens with zero attached hydrogens (tertiary/aromatic N) is 2. The Bertz CT molecular complexity index is 780. The zero-order valence-corrected chi connectivity index (χ0v) is 13.1. The highest BCUT2D eigenvalue weighted by molar-refractivity contribution is 7.17. The molecule has 5 heteroatoms. The van der Waals surface area contributed by atoms with Gasteiger partial charge in [-0.05, 0) is 34.4 Å². The number of benzene rings is 1. The number of rotatable bonds is 2. The summed E-state index contributed by atoms with van der Waals surface area (Å²) in [7, 11) is 0. The lowest BCUT2D eigenvalue weighted by molar-refractivity contribution is 0.104. The zero-order chi connectivity index (χ0) is 14.3. The van der Waals surface area contributed by atoms with E-state index in [1.54, 1.807) is 11.3 Å². The van der Waals surface area contributed by atoms with E-state index in [0.29, 0.717) is 4.88 Å². The largest absolute Gasteiger partial charge is 0.288 e. The minimum absolute atomic E-state index is 0.0259. The average Bonchev–Trinajstić information content (AvgIpc) is 3.05. The second-order valence-corrected chi connectivity index (χ2v) is 7.34. The Balaban J connectivity index is 2.15. The van der Waals surface area contributed by atoms with Gasteiger partial charge in [0.1, 0.15) is 4.88 Å². The number of hydrogen-bond acceptors (Lipinski definition) is 5. The third-order valence-electron chi connectivity index (χ3n) is 3.13. The van der Waals surface area contributed by atoms with Crippen molar-refractivity contribution in [1.29, 1.82) is 0 Å². The Hall–Kier alpha value is -1.59. The molecule has 0 saturated heterocycles. The molecule has 1 aromatic carbocycles. The first-order valence-electron chi connectivity index (χ1n) is 6.32. The van der Waals surface area contributed by atoms with Crippen LogP contribution in [0.5, 0.6) is 0 Å². The SMILES string of the molecule is CC(C)(C)c1nnsc1C(=O)c1cccc2ccsc12. The second kappa shape index (κ2) is 4.75. The van der Waals surface area contributed by atoms with Crippen LogP contribution in [0.15, 0.2) is 29.6 Å². The van der Waals surface area contributed by atoms with E-state index >= 15 is 0 Å². The second-order valence-electron chi connectivity index (χ2n) is 5.67. The molecule has 0 bridgehead atoms. The van der Waals surface area contributed by atoms with Crippen LogP contribution < -0.4 is 0 Å². The molecular weight excluding hydrogens is 288 g/mol. The molecule has 0 unspecified atom stereocenters. The molecule has 0 spiro atoms. The van der Waals surface area contributed by atoms with Gasteiger partial charge in [0.25, 0.3) is 0 Å². The van der Waals surface area contributed by atoms with Crippen molar-refractivity contribution in [1.82, 2.24) is 9.59 Å². The first kappa shape index (κ1) is 13.4. The molecule has 0 N–H and O–H groups in total. The standard InChI is InChI=1S/C15H14N2OS2/c1-15(2,3)14-13(20-17-16-14)11(18)10-6-4-5-9-7-8-19-12(9)10/h4-8H,1-3H3. The number of hydrogen-bond donors (Lipinski definition) is 0. The summed E-state index contributed by atoms with van der Waals surface area (Å²) in [6.07, 6.45) is 0. The van der Waals surface area contributed by atoms with Crippen LogP contribution in [0.1, 0.15) is 41.7 Å². The van der Waals surface area contributed by atoms with E-state index in [1.807, 2.05) is 50.4 Å². The van der Waals surface area contributed by atoms with Gasteiger partial charge in [-0.3, -0.25) is 4.79 Å². The summed E-state index contributed by atoms with van der Waals surface area (Å²) in [6, 6.07) is 7.87. The van der Waals surface area contributed by atoms with Gasteiger partial charge in [0.15, 0.2) is 0 Å². The van der Waals surface area contributed by atoms with Crippen LogP contribution in [-0.4, -0.2) is 15.4 Å². The van der Waals surface area contributed by atoms with E-state index in [2.05, 4.69) is 9.59 Å². The van der Waals surface area contributed by atoms with Crippen molar-refractivity contribution in [2.45, 2.75) is 26.2 Å². The average molecular weight is 302 g/mol. The van der Waals surface area contributed by atoms with Gasteiger partial charge in [-0.25, -0.2) is 0 Å². The van der Waals surface area contributed by atoms with Gasteiger partial charge < -0.3 is 0 Å². The minimum Gasteiger partial charge on any atom is -0.288 e. The molecule has 0 radical (unpaired) electrons. The molecule has 0 saturated carbocycles. The summed E-state index contributed by atoms with van der Waals surface area (Å²) in [4.78, 5) is 13.5. The Morgan fingerprint density at radius 1 is 1.20 bits per heavy atom. The highest BCUT2D eigenvalue weighted by Crippen LogP contribution is 2.31. The van der Waals surface area contributed by atoms with Crippen molar-refractivity contribution in [2.24, 2.45) is 0 Å². The monoisotopic (exact) mass is 302 g/mol. The first-order valence-corrected chi connectivity index (χ1v) is 7.97. The molecule has 3 rings (SSSR count). The minimum atomic E-state index is -0.179. The van der Waals surface area contributed by atoms with Crippen LogP contribution in [0.4, 0.5) is 0 Å². The van der Waals surface area contributed by atoms with Crippen LogP contribution in [0.2, 0.25) is 0 Å². The third kappa shape index (κ3) is 2.17. The third-order valence-corrected chi connectivity index (χ3v) is 4.82. The molecule has 3 nitrogen and oxygen atoms in total. The molecule has 0 aliphatic rings. The summed E-state index contributed by atoms with van der Waals surface area (Å²) in [6.45, 7) is 6.14. The van der Waals surface area contributed by atoms with Crippen LogP contribution in [0.3, 0.4) is 0 Å². The normalized spacial score (nSPS) is 11.9. The maximum atomic E-state index is 12.8. The Morgan fingerprint density at radius 3 is 2.75 bits per heavy atom. The van der Waals surface area contributed by atoms with E-state index in [4.69, 9.17) is 0 Å². The molecule has 102 valence electrons. The van der Waals surface area contributed by atoms with Gasteiger partial charge in [-0.1, -0.05) is 37.4 Å². The van der Waals surface area contributed by atoms with E-state index in [1.165, 1.54) is 11.5 Å². The Morgan fingerprint density at radius 2 is 2.00 bits per heavy atom. The van der Waals surface area contributed by atoms with Gasteiger partial charge in [0.2, 0.25) is 5.78 Å². The van der Waals surface area contributed by atoms with Gasteiger partial charge >= 0.3 is 0 Å². The van der Waals surface area contributed by atoms with Crippen molar-refractivity contribution in [3.05, 3.63) is 45.8 Å². The maximum absolute atomic E-state index is 12.8. The number of ketones is 1. The van der Waals surface area contributed by atoms with Crippen LogP contribution in [0, 0.1) is 0 Å². The molecule has 0 aliphatic carbocycles. The summed E-state index contributed by atoms with van der Waals surface area (Å²) in [5.74, 6) is 0.0259. The summed E-state index contributed by atoms with van der Waals surface area (Å²) in [5, 5.41) is 7.27. The smallest absolute Gasteiger partial charge is 0.207 e. The zero-order valence-electron chi connectivity index (χ0n) is 11.5. The van der Waals surface area contributed by atoms with Crippen molar-refractivity contribution in [3.8, 4) is 0 Å². The van der Waals surface area contributed by atoms with Crippen molar-refractivity contribution >= 4 is 38.7 Å². The Kier molecular flexibility index (Phi) is 3.18. The molecule has 20 heavy (non-hydrogen) atoms. The van der Waals surface area contributed by atoms with Crippen LogP contribution in [-0.2, 0) is 5.41 Å². The molecule has 0 atom stereocenters. The van der Waals surface area contributed by atoms with E-state index in [9.17, 15) is 4.79 Å². The number of carbonyl (C=O) groups is 1. The van der Waals surface area contributed by atoms with E-state index in [0.717, 1.165) is 21.3 Å². The number of aromatic nitrogens is 2. The van der Waals surface area contributed by atoms with Gasteiger partial charge in [-0.2, -0.15) is 0 Å². The fraction of sp³-hybridized carbons (Fsp3) is 0.267. The van der Waals surface area contributed by atoms with Crippen LogP contribution in [0.25, 0.3) is 10.1 Å². The molecule has 2 aromatic heterocycles. The quantitative estimate of drug-likeness (QED) is 0.663. The summed E-state index contributed by atoms with van der Waals surface area (Å²) < 4.78 is 5.01. The summed E-state index contributed by atoms with van der Waals surface area (Å²) in [5.41, 5.74) is 1.34. The van der Waals surface area contributed by atoms with Crippen molar-refractivity contribution < 1.29 is 4.79 Å². The van der Waals surface area contributed by atoms with Crippen molar-refractivity contribution in [2.75, 3.05) is 0 Å². The maximum Gasteiger partial charge on any atom is 0.207 e. The van der Waals surface area contributed by atoms with Crippen molar-refractivity contribution in [3.63, 3.8) is 0 Å². The van der Waals surface area contributed by atoms with E-state index in [-0.39, 0.29) is 11.2 Å². The predicted molar refractivity (Wildman–Crippen MR) is 83.9 cm³/mol. The van der Waals surface area contributed by atoms with E-state index < -0.39 is 0 Å². The Labute approximate surface area is 125 Å². The fourth-order valence-electron chi connectivity index (χ4n) is 2.12. The molecule has 0 aliphatic heterocycles. The fourth-order valence-corrected chi connectivity index (χ4v) is 3.87. The molecular formula is C15H14N2OS2. The summed E-state index contributed by atoms with van der Waals surface area (Å²) >= 11 is 2.78.